The lowest BCUT2D eigenvalue weighted by Gasteiger charge is -2.12. The van der Waals surface area contributed by atoms with Gasteiger partial charge in [0, 0.05) is 23.2 Å². The molecule has 3 amide bonds. The van der Waals surface area contributed by atoms with Gasteiger partial charge in [-0.15, -0.1) is 0 Å². The second kappa shape index (κ2) is 10.4. The molecule has 2 rings (SSSR count). The third kappa shape index (κ3) is 7.40. The number of rotatable bonds is 5. The average Bonchev–Trinajstić information content (AvgIpc) is 2.65. The highest BCUT2D eigenvalue weighted by atomic mass is 35.5. The molecule has 29 heavy (non-hydrogen) atoms. The predicted octanol–water partition coefficient (Wildman–Crippen LogP) is 2.32. The molecule has 0 aliphatic heterocycles. The highest BCUT2D eigenvalue weighted by Gasteiger charge is 2.10. The van der Waals surface area contributed by atoms with Gasteiger partial charge in [-0.2, -0.15) is 0 Å². The Hall–Kier alpha value is -3.17. The lowest BCUT2D eigenvalue weighted by atomic mass is 10.2. The van der Waals surface area contributed by atoms with Gasteiger partial charge in [-0.1, -0.05) is 11.6 Å². The van der Waals surface area contributed by atoms with Crippen molar-refractivity contribution in [2.45, 2.75) is 13.8 Å². The van der Waals surface area contributed by atoms with E-state index >= 15 is 0 Å². The lowest BCUT2D eigenvalue weighted by molar-refractivity contribution is -0.121. The topological polar surface area (TPSA) is 109 Å². The van der Waals surface area contributed by atoms with E-state index < -0.39 is 11.8 Å². The molecule has 0 spiro atoms. The van der Waals surface area contributed by atoms with Crippen molar-refractivity contribution in [3.8, 4) is 5.75 Å². The summed E-state index contributed by atoms with van der Waals surface area (Å²) < 4.78 is 5.41. The molecule has 0 fully saturated rings. The Kier molecular flexibility index (Phi) is 7.93. The van der Waals surface area contributed by atoms with Crippen molar-refractivity contribution < 1.29 is 19.1 Å². The number of hydrazine groups is 1. The molecule has 0 aromatic heterocycles. The van der Waals surface area contributed by atoms with E-state index in [9.17, 15) is 14.4 Å². The van der Waals surface area contributed by atoms with Crippen LogP contribution in [-0.2, 0) is 9.59 Å². The van der Waals surface area contributed by atoms with Gasteiger partial charge in [0.05, 0.1) is 0 Å². The van der Waals surface area contributed by atoms with Crippen LogP contribution in [-0.4, -0.2) is 29.4 Å². The fourth-order valence-electron chi connectivity index (χ4n) is 2.21. The summed E-state index contributed by atoms with van der Waals surface area (Å²) in [5.41, 5.74) is 6.50. The summed E-state index contributed by atoms with van der Waals surface area (Å²) >= 11 is 10.8. The number of ether oxygens (including phenoxy) is 1. The normalized spacial score (nSPS) is 9.90. The summed E-state index contributed by atoms with van der Waals surface area (Å²) in [5, 5.41) is 5.47. The highest BCUT2D eigenvalue weighted by molar-refractivity contribution is 7.80. The number of amides is 3. The fourth-order valence-corrected chi connectivity index (χ4v) is 2.60. The minimum Gasteiger partial charge on any atom is -0.483 e. The van der Waals surface area contributed by atoms with Crippen molar-refractivity contribution >= 4 is 52.3 Å². The van der Waals surface area contributed by atoms with Crippen LogP contribution in [0.5, 0.6) is 5.75 Å². The van der Waals surface area contributed by atoms with Gasteiger partial charge in [-0.25, -0.2) is 0 Å². The molecule has 0 aliphatic carbocycles. The molecule has 0 heterocycles. The molecule has 10 heteroatoms. The first-order chi connectivity index (χ1) is 13.7. The van der Waals surface area contributed by atoms with E-state index in [2.05, 4.69) is 21.5 Å². The van der Waals surface area contributed by atoms with Crippen molar-refractivity contribution in [2.75, 3.05) is 11.9 Å². The Morgan fingerprint density at radius 1 is 1.07 bits per heavy atom. The van der Waals surface area contributed by atoms with E-state index in [0.717, 1.165) is 5.56 Å². The van der Waals surface area contributed by atoms with Gasteiger partial charge in [0.2, 0.25) is 5.91 Å². The summed E-state index contributed by atoms with van der Waals surface area (Å²) in [6.07, 6.45) is 0. The van der Waals surface area contributed by atoms with E-state index in [4.69, 9.17) is 28.6 Å². The molecule has 0 bridgehead atoms. The Bertz CT molecular complexity index is 934. The van der Waals surface area contributed by atoms with Crippen molar-refractivity contribution in [1.82, 2.24) is 16.2 Å². The van der Waals surface area contributed by atoms with Crippen LogP contribution in [0, 0.1) is 6.92 Å². The molecule has 0 saturated carbocycles. The highest BCUT2D eigenvalue weighted by Crippen LogP contribution is 2.21. The number of benzene rings is 2. The number of hydrogen-bond acceptors (Lipinski definition) is 5. The standard InChI is InChI=1S/C19H19ClN4O4S/c1-11-9-14(20)5-8-16(11)28-10-17(26)22-19(29)24-23-18(27)13-3-6-15(7-4-13)21-12(2)25/h3-9H,10H2,1-2H3,(H,21,25)(H,23,27)(H2,22,24,26,29). The predicted molar refractivity (Wildman–Crippen MR) is 114 cm³/mol. The zero-order chi connectivity index (χ0) is 21.4. The summed E-state index contributed by atoms with van der Waals surface area (Å²) in [6.45, 7) is 2.94. The summed E-state index contributed by atoms with van der Waals surface area (Å²) in [6, 6.07) is 11.3. The van der Waals surface area contributed by atoms with Crippen LogP contribution in [0.15, 0.2) is 42.5 Å². The number of carbonyl (C=O) groups is 3. The van der Waals surface area contributed by atoms with Crippen LogP contribution in [0.25, 0.3) is 0 Å². The molecule has 0 atom stereocenters. The van der Waals surface area contributed by atoms with Gasteiger partial charge in [0.15, 0.2) is 11.7 Å². The number of carbonyl (C=O) groups excluding carboxylic acids is 3. The second-order valence-corrected chi connectivity index (χ2v) is 6.76. The van der Waals surface area contributed by atoms with Crippen molar-refractivity contribution in [2.24, 2.45) is 0 Å². The monoisotopic (exact) mass is 434 g/mol. The molecule has 0 saturated heterocycles. The van der Waals surface area contributed by atoms with Gasteiger partial charge >= 0.3 is 0 Å². The maximum Gasteiger partial charge on any atom is 0.269 e. The number of aryl methyl sites for hydroxylation is 1. The third-order valence-corrected chi connectivity index (χ3v) is 3.94. The van der Waals surface area contributed by atoms with E-state index in [0.29, 0.717) is 22.0 Å². The molecule has 4 N–H and O–H groups in total. The molecule has 0 aliphatic rings. The number of hydrogen-bond donors (Lipinski definition) is 4. The van der Waals surface area contributed by atoms with Gasteiger partial charge in [-0.3, -0.25) is 30.6 Å². The Labute approximate surface area is 177 Å². The van der Waals surface area contributed by atoms with Crippen LogP contribution >= 0.6 is 23.8 Å². The number of anilines is 1. The molecule has 0 radical (unpaired) electrons. The molecule has 152 valence electrons. The minimum absolute atomic E-state index is 0.0883. The molecule has 2 aromatic rings. The average molecular weight is 435 g/mol. The largest absolute Gasteiger partial charge is 0.483 e. The third-order valence-electron chi connectivity index (χ3n) is 3.51. The smallest absolute Gasteiger partial charge is 0.269 e. The van der Waals surface area contributed by atoms with Crippen molar-refractivity contribution in [1.29, 1.82) is 0 Å². The Balaban J connectivity index is 1.76. The van der Waals surface area contributed by atoms with E-state index in [1.54, 1.807) is 30.3 Å². The number of thiocarbonyl (C=S) groups is 1. The quantitative estimate of drug-likeness (QED) is 0.425. The van der Waals surface area contributed by atoms with Gasteiger partial charge in [0.1, 0.15) is 5.75 Å². The SMILES string of the molecule is CC(=O)Nc1ccc(C(=O)NNC(=S)NC(=O)COc2ccc(Cl)cc2C)cc1. The first kappa shape index (κ1) is 22.1. The first-order valence-corrected chi connectivity index (χ1v) is 9.20. The molecule has 2 aromatic carbocycles. The molecule has 8 nitrogen and oxygen atoms in total. The van der Waals surface area contributed by atoms with Crippen molar-refractivity contribution in [3.05, 3.63) is 58.6 Å². The van der Waals surface area contributed by atoms with Crippen LogP contribution in [0.1, 0.15) is 22.8 Å². The first-order valence-electron chi connectivity index (χ1n) is 8.41. The number of halogens is 1. The van der Waals surface area contributed by atoms with Gasteiger partial charge in [0.25, 0.3) is 11.8 Å². The van der Waals surface area contributed by atoms with Gasteiger partial charge < -0.3 is 10.1 Å². The van der Waals surface area contributed by atoms with Crippen LogP contribution in [0.4, 0.5) is 5.69 Å². The zero-order valence-corrected chi connectivity index (χ0v) is 17.2. The van der Waals surface area contributed by atoms with E-state index in [1.807, 2.05) is 6.92 Å². The second-order valence-electron chi connectivity index (χ2n) is 5.91. The van der Waals surface area contributed by atoms with Crippen LogP contribution in [0.2, 0.25) is 5.02 Å². The minimum atomic E-state index is -0.495. The summed E-state index contributed by atoms with van der Waals surface area (Å²) in [7, 11) is 0. The maximum atomic E-state index is 12.1. The molecular weight excluding hydrogens is 416 g/mol. The fraction of sp³-hybridized carbons (Fsp3) is 0.158. The van der Waals surface area contributed by atoms with Crippen LogP contribution in [0.3, 0.4) is 0 Å². The summed E-state index contributed by atoms with van der Waals surface area (Å²) in [4.78, 5) is 35.0. The van der Waals surface area contributed by atoms with E-state index in [-0.39, 0.29) is 17.6 Å². The Morgan fingerprint density at radius 3 is 2.38 bits per heavy atom. The Morgan fingerprint density at radius 2 is 1.76 bits per heavy atom. The summed E-state index contributed by atoms with van der Waals surface area (Å²) in [5.74, 6) is -0.644. The van der Waals surface area contributed by atoms with Crippen molar-refractivity contribution in [3.63, 3.8) is 0 Å². The zero-order valence-electron chi connectivity index (χ0n) is 15.7. The van der Waals surface area contributed by atoms with Gasteiger partial charge in [-0.05, 0) is 67.2 Å². The van der Waals surface area contributed by atoms with Crippen LogP contribution < -0.4 is 26.2 Å². The number of nitrogens with one attached hydrogen (secondary N) is 4. The molecular formula is C19H19ClN4O4S. The lowest BCUT2D eigenvalue weighted by Crippen LogP contribution is -2.49. The molecule has 0 unspecified atom stereocenters. The van der Waals surface area contributed by atoms with E-state index in [1.165, 1.54) is 19.1 Å². The maximum absolute atomic E-state index is 12.1.